The monoisotopic (exact) mass is 226 g/mol. The largest absolute Gasteiger partial charge is 0.491 e. The van der Waals surface area contributed by atoms with E-state index in [2.05, 4.69) is 23.5 Å². The van der Waals surface area contributed by atoms with Gasteiger partial charge in [0.05, 0.1) is 18.5 Å². The van der Waals surface area contributed by atoms with Crippen molar-refractivity contribution in [2.45, 2.75) is 13.5 Å². The summed E-state index contributed by atoms with van der Waals surface area (Å²) in [6.45, 7) is 4.62. The Bertz CT molecular complexity index is 264. The maximum absolute atomic E-state index is 5.50. The quantitative estimate of drug-likeness (QED) is 0.720. The summed E-state index contributed by atoms with van der Waals surface area (Å²) >= 11 is 1.78. The zero-order valence-electron chi connectivity index (χ0n) is 9.32. The van der Waals surface area contributed by atoms with Crippen molar-refractivity contribution in [1.29, 1.82) is 0 Å². The number of hydrogen-bond donors (Lipinski definition) is 1. The van der Waals surface area contributed by atoms with E-state index < -0.39 is 0 Å². The van der Waals surface area contributed by atoms with E-state index in [9.17, 15) is 0 Å². The second kappa shape index (κ2) is 7.54. The Morgan fingerprint density at radius 2 is 2.33 bits per heavy atom. The lowest BCUT2D eigenvalue weighted by Crippen LogP contribution is -2.12. The van der Waals surface area contributed by atoms with Gasteiger partial charge in [-0.05, 0) is 24.9 Å². The van der Waals surface area contributed by atoms with E-state index in [0.717, 1.165) is 36.9 Å². The number of thioether (sulfide) groups is 1. The first-order valence-corrected chi connectivity index (χ1v) is 6.53. The first kappa shape index (κ1) is 12.3. The summed E-state index contributed by atoms with van der Waals surface area (Å²) in [7, 11) is 0. The molecular formula is C11H18N2OS. The molecule has 0 bridgehead atoms. The van der Waals surface area contributed by atoms with Gasteiger partial charge in [0.2, 0.25) is 0 Å². The number of nitrogens with one attached hydrogen (secondary N) is 1. The maximum atomic E-state index is 5.50. The Balaban J connectivity index is 2.35. The summed E-state index contributed by atoms with van der Waals surface area (Å²) in [6.07, 6.45) is 3.86. The van der Waals surface area contributed by atoms with Crippen LogP contribution in [0.15, 0.2) is 18.3 Å². The van der Waals surface area contributed by atoms with Crippen molar-refractivity contribution in [3.8, 4) is 5.75 Å². The number of rotatable bonds is 7. The third-order valence-corrected chi connectivity index (χ3v) is 2.48. The van der Waals surface area contributed by atoms with Crippen LogP contribution in [-0.4, -0.2) is 30.1 Å². The van der Waals surface area contributed by atoms with E-state index in [1.165, 1.54) is 0 Å². The average molecular weight is 226 g/mol. The molecule has 0 fully saturated rings. The minimum atomic E-state index is 0.745. The normalized spacial score (nSPS) is 10.3. The van der Waals surface area contributed by atoms with Crippen LogP contribution >= 0.6 is 11.8 Å². The highest BCUT2D eigenvalue weighted by atomic mass is 32.2. The van der Waals surface area contributed by atoms with Gasteiger partial charge < -0.3 is 10.1 Å². The first-order chi connectivity index (χ1) is 7.36. The van der Waals surface area contributed by atoms with Crippen LogP contribution in [0, 0.1) is 0 Å². The summed E-state index contributed by atoms with van der Waals surface area (Å²) in [5.74, 6) is 1.86. The molecule has 0 aliphatic heterocycles. The van der Waals surface area contributed by atoms with Crippen molar-refractivity contribution in [1.82, 2.24) is 10.3 Å². The van der Waals surface area contributed by atoms with Crippen molar-refractivity contribution in [3.05, 3.63) is 24.0 Å². The molecule has 1 rings (SSSR count). The first-order valence-electron chi connectivity index (χ1n) is 5.14. The summed E-state index contributed by atoms with van der Waals surface area (Å²) in [5.41, 5.74) is 1.05. The molecule has 1 heterocycles. The lowest BCUT2D eigenvalue weighted by atomic mass is 10.3. The molecule has 0 aromatic carbocycles. The molecule has 0 amide bonds. The molecule has 0 unspecified atom stereocenters. The fourth-order valence-electron chi connectivity index (χ4n) is 1.10. The Kier molecular flexibility index (Phi) is 6.20. The summed E-state index contributed by atoms with van der Waals surface area (Å²) in [5, 5.41) is 3.23. The topological polar surface area (TPSA) is 34.1 Å². The number of ether oxygens (including phenoxy) is 1. The fraction of sp³-hybridized carbons (Fsp3) is 0.545. The lowest BCUT2D eigenvalue weighted by molar-refractivity contribution is 0.342. The van der Waals surface area contributed by atoms with Crippen LogP contribution in [0.5, 0.6) is 5.75 Å². The fourth-order valence-corrected chi connectivity index (χ4v) is 1.35. The maximum Gasteiger partial charge on any atom is 0.137 e. The van der Waals surface area contributed by atoms with Crippen LogP contribution in [0.25, 0.3) is 0 Å². The molecule has 0 aliphatic rings. The van der Waals surface area contributed by atoms with E-state index >= 15 is 0 Å². The van der Waals surface area contributed by atoms with Gasteiger partial charge in [-0.15, -0.1) is 0 Å². The van der Waals surface area contributed by atoms with Gasteiger partial charge in [0, 0.05) is 12.3 Å². The molecule has 1 N–H and O–H groups in total. The lowest BCUT2D eigenvalue weighted by Gasteiger charge is -2.05. The van der Waals surface area contributed by atoms with E-state index in [0.29, 0.717) is 0 Å². The average Bonchev–Trinajstić information content (AvgIpc) is 2.28. The van der Waals surface area contributed by atoms with Crippen molar-refractivity contribution < 1.29 is 4.74 Å². The summed E-state index contributed by atoms with van der Waals surface area (Å²) < 4.78 is 5.50. The van der Waals surface area contributed by atoms with Gasteiger partial charge in [-0.3, -0.25) is 4.98 Å². The van der Waals surface area contributed by atoms with E-state index in [4.69, 9.17) is 4.74 Å². The van der Waals surface area contributed by atoms with Gasteiger partial charge in [-0.2, -0.15) is 11.8 Å². The molecule has 0 atom stereocenters. The Labute approximate surface area is 95.6 Å². The number of hydrogen-bond acceptors (Lipinski definition) is 4. The van der Waals surface area contributed by atoms with Crippen molar-refractivity contribution >= 4 is 11.8 Å². The smallest absolute Gasteiger partial charge is 0.137 e. The summed E-state index contributed by atoms with van der Waals surface area (Å²) in [4.78, 5) is 4.30. The van der Waals surface area contributed by atoms with E-state index in [-0.39, 0.29) is 0 Å². The third kappa shape index (κ3) is 5.04. The molecular weight excluding hydrogens is 208 g/mol. The molecule has 0 aliphatic carbocycles. The van der Waals surface area contributed by atoms with Crippen LogP contribution in [0.1, 0.15) is 12.6 Å². The highest BCUT2D eigenvalue weighted by Crippen LogP contribution is 2.09. The van der Waals surface area contributed by atoms with Crippen molar-refractivity contribution in [2.75, 3.05) is 25.2 Å². The highest BCUT2D eigenvalue weighted by molar-refractivity contribution is 7.98. The third-order valence-electron chi connectivity index (χ3n) is 1.91. The van der Waals surface area contributed by atoms with Gasteiger partial charge in [-0.25, -0.2) is 0 Å². The van der Waals surface area contributed by atoms with Crippen LogP contribution < -0.4 is 10.1 Å². The molecule has 3 nitrogen and oxygen atoms in total. The van der Waals surface area contributed by atoms with Gasteiger partial charge >= 0.3 is 0 Å². The van der Waals surface area contributed by atoms with Crippen LogP contribution in [0.4, 0.5) is 0 Å². The standard InChI is InChI=1S/C11H18N2OS/c1-3-12-8-10-4-5-11(9-13-10)14-6-7-15-2/h4-5,9,12H,3,6-8H2,1-2H3. The van der Waals surface area contributed by atoms with Gasteiger partial charge in [-0.1, -0.05) is 6.92 Å². The molecule has 0 saturated heterocycles. The Hall–Kier alpha value is -0.740. The number of aromatic nitrogens is 1. The molecule has 0 saturated carbocycles. The molecule has 4 heteroatoms. The zero-order valence-corrected chi connectivity index (χ0v) is 10.1. The minimum Gasteiger partial charge on any atom is -0.491 e. The second-order valence-corrected chi connectivity index (χ2v) is 4.09. The predicted octanol–water partition coefficient (Wildman–Crippen LogP) is 1.93. The Morgan fingerprint density at radius 1 is 1.47 bits per heavy atom. The zero-order chi connectivity index (χ0) is 10.9. The van der Waals surface area contributed by atoms with E-state index in [1.807, 2.05) is 12.1 Å². The molecule has 84 valence electrons. The number of pyridine rings is 1. The molecule has 15 heavy (non-hydrogen) atoms. The van der Waals surface area contributed by atoms with Crippen LogP contribution in [-0.2, 0) is 6.54 Å². The molecule has 0 radical (unpaired) electrons. The van der Waals surface area contributed by atoms with Gasteiger partial charge in [0.1, 0.15) is 5.75 Å². The predicted molar refractivity (Wildman–Crippen MR) is 65.5 cm³/mol. The minimum absolute atomic E-state index is 0.745. The second-order valence-electron chi connectivity index (χ2n) is 3.11. The molecule has 0 spiro atoms. The van der Waals surface area contributed by atoms with Crippen molar-refractivity contribution in [3.63, 3.8) is 0 Å². The number of nitrogens with zero attached hydrogens (tertiary/aromatic N) is 1. The highest BCUT2D eigenvalue weighted by Gasteiger charge is 1.96. The molecule has 1 aromatic rings. The van der Waals surface area contributed by atoms with Gasteiger partial charge in [0.15, 0.2) is 0 Å². The van der Waals surface area contributed by atoms with E-state index in [1.54, 1.807) is 18.0 Å². The van der Waals surface area contributed by atoms with Crippen LogP contribution in [0.3, 0.4) is 0 Å². The molecule has 1 aromatic heterocycles. The SMILES string of the molecule is CCNCc1ccc(OCCSC)cn1. The summed E-state index contributed by atoms with van der Waals surface area (Å²) in [6, 6.07) is 3.97. The van der Waals surface area contributed by atoms with Crippen molar-refractivity contribution in [2.24, 2.45) is 0 Å². The van der Waals surface area contributed by atoms with Gasteiger partial charge in [0.25, 0.3) is 0 Å². The Morgan fingerprint density at radius 3 is 2.93 bits per heavy atom. The van der Waals surface area contributed by atoms with Crippen LogP contribution in [0.2, 0.25) is 0 Å².